The van der Waals surface area contributed by atoms with Gasteiger partial charge in [-0.25, -0.2) is 0 Å². The topological polar surface area (TPSA) is 69.6 Å². The number of aryl methyl sites for hydroxylation is 1. The Hall–Kier alpha value is -2.66. The number of hydrogen-bond donors (Lipinski definition) is 2. The molecular weight excluding hydrogens is 304 g/mol. The van der Waals surface area contributed by atoms with Crippen LogP contribution < -0.4 is 5.32 Å². The third-order valence-corrected chi connectivity index (χ3v) is 3.67. The van der Waals surface area contributed by atoms with Crippen molar-refractivity contribution in [3.05, 3.63) is 65.2 Å². The van der Waals surface area contributed by atoms with E-state index in [9.17, 15) is 14.7 Å². The number of rotatable bonds is 6. The molecule has 2 amide bonds. The summed E-state index contributed by atoms with van der Waals surface area (Å²) in [7, 11) is 0. The van der Waals surface area contributed by atoms with E-state index in [4.69, 9.17) is 0 Å². The monoisotopic (exact) mass is 326 g/mol. The van der Waals surface area contributed by atoms with Crippen LogP contribution in [0.5, 0.6) is 0 Å². The zero-order chi connectivity index (χ0) is 17.5. The molecule has 5 heteroatoms. The minimum atomic E-state index is -0.181. The van der Waals surface area contributed by atoms with E-state index in [1.54, 1.807) is 23.1 Å². The lowest BCUT2D eigenvalue weighted by Crippen LogP contribution is -2.33. The zero-order valence-corrected chi connectivity index (χ0v) is 14.0. The van der Waals surface area contributed by atoms with E-state index in [1.165, 1.54) is 6.92 Å². The Morgan fingerprint density at radius 2 is 1.83 bits per heavy atom. The van der Waals surface area contributed by atoms with Gasteiger partial charge < -0.3 is 15.3 Å². The number of carbonyl (C=O) groups is 2. The first kappa shape index (κ1) is 17.7. The number of aliphatic hydroxyl groups is 1. The number of nitrogens with zero attached hydrogens (tertiary/aromatic N) is 1. The van der Waals surface area contributed by atoms with Crippen LogP contribution in [0.2, 0.25) is 0 Å². The predicted molar refractivity (Wildman–Crippen MR) is 93.8 cm³/mol. The Kier molecular flexibility index (Phi) is 6.09. The molecule has 5 nitrogen and oxygen atoms in total. The molecule has 0 bridgehead atoms. The van der Waals surface area contributed by atoms with Gasteiger partial charge in [-0.2, -0.15) is 0 Å². The fourth-order valence-corrected chi connectivity index (χ4v) is 2.44. The lowest BCUT2D eigenvalue weighted by atomic mass is 10.1. The number of anilines is 1. The summed E-state index contributed by atoms with van der Waals surface area (Å²) in [6.45, 7) is 3.86. The van der Waals surface area contributed by atoms with Gasteiger partial charge in [0.1, 0.15) is 0 Å². The number of benzene rings is 2. The first-order valence-corrected chi connectivity index (χ1v) is 7.83. The Balaban J connectivity index is 2.24. The van der Waals surface area contributed by atoms with Gasteiger partial charge in [0.05, 0.1) is 6.61 Å². The smallest absolute Gasteiger partial charge is 0.254 e. The van der Waals surface area contributed by atoms with E-state index in [2.05, 4.69) is 5.32 Å². The second-order valence-electron chi connectivity index (χ2n) is 5.65. The Labute approximate surface area is 141 Å². The van der Waals surface area contributed by atoms with Crippen LogP contribution >= 0.6 is 0 Å². The summed E-state index contributed by atoms with van der Waals surface area (Å²) in [5.41, 5.74) is 2.98. The highest BCUT2D eigenvalue weighted by molar-refractivity contribution is 5.97. The zero-order valence-electron chi connectivity index (χ0n) is 14.0. The summed E-state index contributed by atoms with van der Waals surface area (Å²) in [5, 5.41) is 12.0. The molecule has 0 unspecified atom stereocenters. The van der Waals surface area contributed by atoms with Crippen molar-refractivity contribution in [2.75, 3.05) is 18.5 Å². The third-order valence-electron chi connectivity index (χ3n) is 3.67. The van der Waals surface area contributed by atoms with Crippen LogP contribution in [0.3, 0.4) is 0 Å². The molecule has 0 atom stereocenters. The van der Waals surface area contributed by atoms with Gasteiger partial charge in [0.2, 0.25) is 5.91 Å². The molecule has 0 heterocycles. The van der Waals surface area contributed by atoms with Gasteiger partial charge in [-0.3, -0.25) is 9.59 Å². The van der Waals surface area contributed by atoms with Crippen molar-refractivity contribution >= 4 is 17.5 Å². The molecule has 24 heavy (non-hydrogen) atoms. The fourth-order valence-electron chi connectivity index (χ4n) is 2.44. The second kappa shape index (κ2) is 8.26. The summed E-state index contributed by atoms with van der Waals surface area (Å²) in [4.78, 5) is 25.7. The van der Waals surface area contributed by atoms with Gasteiger partial charge in [-0.1, -0.05) is 36.4 Å². The van der Waals surface area contributed by atoms with Gasteiger partial charge in [-0.15, -0.1) is 0 Å². The van der Waals surface area contributed by atoms with Gasteiger partial charge in [0, 0.05) is 31.3 Å². The summed E-state index contributed by atoms with van der Waals surface area (Å²) >= 11 is 0. The molecule has 126 valence electrons. The lowest BCUT2D eigenvalue weighted by molar-refractivity contribution is -0.114. The van der Waals surface area contributed by atoms with Crippen LogP contribution in [0.25, 0.3) is 0 Å². The molecule has 0 radical (unpaired) electrons. The number of carbonyl (C=O) groups excluding carboxylic acids is 2. The van der Waals surface area contributed by atoms with E-state index >= 15 is 0 Å². The summed E-state index contributed by atoms with van der Waals surface area (Å²) in [6.07, 6.45) is 0. The van der Waals surface area contributed by atoms with E-state index in [0.29, 0.717) is 17.8 Å². The number of hydrogen-bond acceptors (Lipinski definition) is 3. The van der Waals surface area contributed by atoms with Gasteiger partial charge in [0.15, 0.2) is 0 Å². The lowest BCUT2D eigenvalue weighted by Gasteiger charge is -2.22. The molecule has 2 rings (SSSR count). The molecular formula is C19H22N2O3. The molecule has 0 saturated carbocycles. The highest BCUT2D eigenvalue weighted by atomic mass is 16.3. The summed E-state index contributed by atoms with van der Waals surface area (Å²) in [6, 6.07) is 14.8. The number of nitrogens with one attached hydrogen (secondary N) is 1. The minimum absolute atomic E-state index is 0.108. The maximum atomic E-state index is 12.8. The van der Waals surface area contributed by atoms with Crippen LogP contribution in [0, 0.1) is 6.92 Å². The molecule has 2 N–H and O–H groups in total. The molecule has 0 aromatic heterocycles. The SMILES string of the molecule is CC(=O)Nc1cc(C(=O)N(CCO)Cc2ccccc2)ccc1C. The van der Waals surface area contributed by atoms with Crippen molar-refractivity contribution in [3.63, 3.8) is 0 Å². The van der Waals surface area contributed by atoms with Crippen LogP contribution in [0.15, 0.2) is 48.5 Å². The third kappa shape index (κ3) is 4.67. The number of aliphatic hydroxyl groups excluding tert-OH is 1. The maximum Gasteiger partial charge on any atom is 0.254 e. The molecule has 0 aliphatic heterocycles. The highest BCUT2D eigenvalue weighted by Gasteiger charge is 2.17. The molecule has 2 aromatic rings. The largest absolute Gasteiger partial charge is 0.395 e. The first-order chi connectivity index (χ1) is 11.5. The van der Waals surface area contributed by atoms with E-state index < -0.39 is 0 Å². The fraction of sp³-hybridized carbons (Fsp3) is 0.263. The quantitative estimate of drug-likeness (QED) is 0.857. The van der Waals surface area contributed by atoms with Crippen LogP contribution in [-0.2, 0) is 11.3 Å². The van der Waals surface area contributed by atoms with Crippen LogP contribution in [-0.4, -0.2) is 35.0 Å². The molecule has 0 spiro atoms. The maximum absolute atomic E-state index is 12.8. The van der Waals surface area contributed by atoms with Gasteiger partial charge in [0.25, 0.3) is 5.91 Å². The Morgan fingerprint density at radius 1 is 1.12 bits per heavy atom. The molecule has 0 aliphatic carbocycles. The second-order valence-corrected chi connectivity index (χ2v) is 5.65. The van der Waals surface area contributed by atoms with E-state index in [0.717, 1.165) is 11.1 Å². The van der Waals surface area contributed by atoms with Gasteiger partial charge in [-0.05, 0) is 30.2 Å². The van der Waals surface area contributed by atoms with Crippen LogP contribution in [0.4, 0.5) is 5.69 Å². The molecule has 0 saturated heterocycles. The Bertz CT molecular complexity index is 714. The normalized spacial score (nSPS) is 10.3. The van der Waals surface area contributed by atoms with E-state index in [-0.39, 0.29) is 25.0 Å². The standard InChI is InChI=1S/C19H22N2O3/c1-14-8-9-17(12-18(14)20-15(2)23)19(24)21(10-11-22)13-16-6-4-3-5-7-16/h3-9,12,22H,10-11,13H2,1-2H3,(H,20,23). The van der Waals surface area contributed by atoms with Crippen molar-refractivity contribution in [2.24, 2.45) is 0 Å². The van der Waals surface area contributed by atoms with Crippen molar-refractivity contribution in [2.45, 2.75) is 20.4 Å². The minimum Gasteiger partial charge on any atom is -0.395 e. The highest BCUT2D eigenvalue weighted by Crippen LogP contribution is 2.19. The predicted octanol–water partition coefficient (Wildman–Crippen LogP) is 2.59. The summed E-state index contributed by atoms with van der Waals surface area (Å²) in [5.74, 6) is -0.362. The van der Waals surface area contributed by atoms with Crippen molar-refractivity contribution in [3.8, 4) is 0 Å². The van der Waals surface area contributed by atoms with Crippen molar-refractivity contribution in [1.82, 2.24) is 4.90 Å². The number of amides is 2. The molecule has 2 aromatic carbocycles. The first-order valence-electron chi connectivity index (χ1n) is 7.83. The van der Waals surface area contributed by atoms with Crippen molar-refractivity contribution in [1.29, 1.82) is 0 Å². The van der Waals surface area contributed by atoms with Crippen LogP contribution in [0.1, 0.15) is 28.4 Å². The Morgan fingerprint density at radius 3 is 2.46 bits per heavy atom. The van der Waals surface area contributed by atoms with Crippen molar-refractivity contribution < 1.29 is 14.7 Å². The average molecular weight is 326 g/mol. The average Bonchev–Trinajstić information content (AvgIpc) is 2.56. The summed E-state index contributed by atoms with van der Waals surface area (Å²) < 4.78 is 0. The van der Waals surface area contributed by atoms with E-state index in [1.807, 2.05) is 37.3 Å². The molecule has 0 fully saturated rings. The molecule has 0 aliphatic rings. The van der Waals surface area contributed by atoms with Gasteiger partial charge >= 0.3 is 0 Å².